The van der Waals surface area contributed by atoms with Crippen LogP contribution in [0.15, 0.2) is 5.10 Å². The third-order valence-corrected chi connectivity index (χ3v) is 4.03. The summed E-state index contributed by atoms with van der Waals surface area (Å²) in [6.07, 6.45) is 2.99. The SMILES string of the molecule is CC(=O)N(C)/N=C1\CC2(CCN(C)CC2)OC1C. The minimum Gasteiger partial charge on any atom is -0.366 e. The predicted molar refractivity (Wildman–Crippen MR) is 70.5 cm³/mol. The van der Waals surface area contributed by atoms with Crippen molar-refractivity contribution in [3.05, 3.63) is 0 Å². The average Bonchev–Trinajstić information content (AvgIpc) is 2.60. The van der Waals surface area contributed by atoms with Crippen molar-refractivity contribution in [2.45, 2.75) is 44.8 Å². The molecular weight excluding hydrogens is 230 g/mol. The van der Waals surface area contributed by atoms with Crippen LogP contribution < -0.4 is 0 Å². The van der Waals surface area contributed by atoms with Crippen LogP contribution in [0.25, 0.3) is 0 Å². The monoisotopic (exact) mass is 253 g/mol. The lowest BCUT2D eigenvalue weighted by molar-refractivity contribution is -0.127. The van der Waals surface area contributed by atoms with Crippen LogP contribution in [-0.2, 0) is 9.53 Å². The second kappa shape index (κ2) is 4.97. The van der Waals surface area contributed by atoms with E-state index in [2.05, 4.69) is 17.0 Å². The number of carbonyl (C=O) groups is 1. The third kappa shape index (κ3) is 2.72. The normalized spacial score (nSPS) is 30.0. The van der Waals surface area contributed by atoms with Crippen LogP contribution in [0, 0.1) is 0 Å². The van der Waals surface area contributed by atoms with Crippen molar-refractivity contribution in [1.29, 1.82) is 0 Å². The summed E-state index contributed by atoms with van der Waals surface area (Å²) in [7, 11) is 3.84. The fourth-order valence-corrected chi connectivity index (χ4v) is 2.66. The maximum atomic E-state index is 11.2. The summed E-state index contributed by atoms with van der Waals surface area (Å²) < 4.78 is 6.14. The number of piperidine rings is 1. The number of hydrogen-bond acceptors (Lipinski definition) is 4. The molecule has 0 radical (unpaired) electrons. The number of carbonyl (C=O) groups excluding carboxylic acids is 1. The molecule has 2 saturated heterocycles. The van der Waals surface area contributed by atoms with E-state index in [1.54, 1.807) is 7.05 Å². The molecule has 0 aromatic heterocycles. The minimum absolute atomic E-state index is 0.0233. The molecule has 5 nitrogen and oxygen atoms in total. The number of ether oxygens (including phenoxy) is 1. The highest BCUT2D eigenvalue weighted by atomic mass is 16.5. The molecule has 2 aliphatic heterocycles. The molecule has 0 aromatic rings. The number of hydrazone groups is 1. The van der Waals surface area contributed by atoms with E-state index in [1.165, 1.54) is 11.9 Å². The molecule has 18 heavy (non-hydrogen) atoms. The Morgan fingerprint density at radius 3 is 2.67 bits per heavy atom. The summed E-state index contributed by atoms with van der Waals surface area (Å²) in [4.78, 5) is 13.5. The number of likely N-dealkylation sites (tertiary alicyclic amines) is 1. The van der Waals surface area contributed by atoms with Crippen molar-refractivity contribution in [2.75, 3.05) is 27.2 Å². The van der Waals surface area contributed by atoms with Crippen molar-refractivity contribution in [3.8, 4) is 0 Å². The van der Waals surface area contributed by atoms with Gasteiger partial charge in [0.1, 0.15) is 0 Å². The Morgan fingerprint density at radius 2 is 2.11 bits per heavy atom. The van der Waals surface area contributed by atoms with E-state index in [0.717, 1.165) is 38.1 Å². The van der Waals surface area contributed by atoms with Crippen molar-refractivity contribution in [1.82, 2.24) is 9.91 Å². The van der Waals surface area contributed by atoms with E-state index >= 15 is 0 Å². The highest BCUT2D eigenvalue weighted by Crippen LogP contribution is 2.37. The Morgan fingerprint density at radius 1 is 1.50 bits per heavy atom. The Labute approximate surface area is 109 Å². The molecule has 2 rings (SSSR count). The highest BCUT2D eigenvalue weighted by molar-refractivity contribution is 5.92. The smallest absolute Gasteiger partial charge is 0.239 e. The van der Waals surface area contributed by atoms with Crippen molar-refractivity contribution >= 4 is 11.6 Å². The molecule has 1 spiro atoms. The molecule has 102 valence electrons. The molecule has 2 fully saturated rings. The average molecular weight is 253 g/mol. The maximum absolute atomic E-state index is 11.2. The van der Waals surface area contributed by atoms with Gasteiger partial charge in [-0.1, -0.05) is 0 Å². The van der Waals surface area contributed by atoms with Crippen LogP contribution in [0.4, 0.5) is 0 Å². The van der Waals surface area contributed by atoms with Gasteiger partial charge in [-0.3, -0.25) is 4.79 Å². The quantitative estimate of drug-likeness (QED) is 0.657. The van der Waals surface area contributed by atoms with Gasteiger partial charge in [-0.2, -0.15) is 5.10 Å². The lowest BCUT2D eigenvalue weighted by Gasteiger charge is -2.36. The van der Waals surface area contributed by atoms with Crippen LogP contribution in [0.3, 0.4) is 0 Å². The van der Waals surface area contributed by atoms with Crippen LogP contribution in [-0.4, -0.2) is 60.4 Å². The van der Waals surface area contributed by atoms with E-state index < -0.39 is 0 Å². The van der Waals surface area contributed by atoms with Gasteiger partial charge in [-0.15, -0.1) is 0 Å². The number of hydrogen-bond donors (Lipinski definition) is 0. The number of amides is 1. The number of nitrogens with zero attached hydrogens (tertiary/aromatic N) is 3. The largest absolute Gasteiger partial charge is 0.366 e. The lowest BCUT2D eigenvalue weighted by Crippen LogP contribution is -2.42. The molecule has 5 heteroatoms. The predicted octanol–water partition coefficient (Wildman–Crippen LogP) is 1.09. The van der Waals surface area contributed by atoms with Gasteiger partial charge in [0, 0.05) is 33.5 Å². The van der Waals surface area contributed by atoms with Crippen LogP contribution >= 0.6 is 0 Å². The molecule has 1 amide bonds. The summed E-state index contributed by atoms with van der Waals surface area (Å²) in [5.41, 5.74) is 0.958. The van der Waals surface area contributed by atoms with E-state index in [-0.39, 0.29) is 17.6 Å². The fraction of sp³-hybridized carbons (Fsp3) is 0.846. The molecule has 0 N–H and O–H groups in total. The van der Waals surface area contributed by atoms with E-state index in [4.69, 9.17) is 4.74 Å². The van der Waals surface area contributed by atoms with Crippen molar-refractivity contribution in [2.24, 2.45) is 5.10 Å². The summed E-state index contributed by atoms with van der Waals surface area (Å²) >= 11 is 0. The molecule has 0 aliphatic carbocycles. The van der Waals surface area contributed by atoms with Gasteiger partial charge in [0.25, 0.3) is 0 Å². The molecule has 1 atom stereocenters. The van der Waals surface area contributed by atoms with Crippen molar-refractivity contribution in [3.63, 3.8) is 0 Å². The zero-order valence-corrected chi connectivity index (χ0v) is 11.8. The van der Waals surface area contributed by atoms with Crippen LogP contribution in [0.2, 0.25) is 0 Å². The Bertz CT molecular complexity index is 359. The maximum Gasteiger partial charge on any atom is 0.239 e. The molecule has 1 unspecified atom stereocenters. The second-order valence-corrected chi connectivity index (χ2v) is 5.56. The van der Waals surface area contributed by atoms with Gasteiger partial charge in [0.05, 0.1) is 17.4 Å². The van der Waals surface area contributed by atoms with Gasteiger partial charge in [0.15, 0.2) is 0 Å². The van der Waals surface area contributed by atoms with Crippen LogP contribution in [0.1, 0.15) is 33.1 Å². The molecule has 2 aliphatic rings. The highest BCUT2D eigenvalue weighted by Gasteiger charge is 2.44. The summed E-state index contributed by atoms with van der Waals surface area (Å²) in [6.45, 7) is 5.70. The van der Waals surface area contributed by atoms with E-state index in [0.29, 0.717) is 0 Å². The zero-order chi connectivity index (χ0) is 13.3. The topological polar surface area (TPSA) is 45.1 Å². The van der Waals surface area contributed by atoms with Gasteiger partial charge < -0.3 is 9.64 Å². The Kier molecular flexibility index (Phi) is 3.73. The fourth-order valence-electron chi connectivity index (χ4n) is 2.66. The van der Waals surface area contributed by atoms with Gasteiger partial charge in [-0.05, 0) is 26.8 Å². The van der Waals surface area contributed by atoms with Crippen molar-refractivity contribution < 1.29 is 9.53 Å². The van der Waals surface area contributed by atoms with E-state index in [1.807, 2.05) is 6.92 Å². The van der Waals surface area contributed by atoms with Crippen LogP contribution in [0.5, 0.6) is 0 Å². The minimum atomic E-state index is -0.0426. The summed E-state index contributed by atoms with van der Waals surface area (Å²) in [5, 5.41) is 5.79. The molecule has 0 saturated carbocycles. The molecular formula is C13H23N3O2. The van der Waals surface area contributed by atoms with Gasteiger partial charge >= 0.3 is 0 Å². The first-order chi connectivity index (χ1) is 8.42. The first kappa shape index (κ1) is 13.5. The van der Waals surface area contributed by atoms with Gasteiger partial charge in [0.2, 0.25) is 5.91 Å². The Hall–Kier alpha value is -0.940. The summed E-state index contributed by atoms with van der Waals surface area (Å²) in [6, 6.07) is 0. The second-order valence-electron chi connectivity index (χ2n) is 5.56. The van der Waals surface area contributed by atoms with E-state index in [9.17, 15) is 4.79 Å². The Balaban J connectivity index is 2.07. The molecule has 2 heterocycles. The first-order valence-electron chi connectivity index (χ1n) is 6.60. The molecule has 0 aromatic carbocycles. The zero-order valence-electron chi connectivity index (χ0n) is 11.8. The summed E-state index contributed by atoms with van der Waals surface area (Å²) in [5.74, 6) is -0.0426. The third-order valence-electron chi connectivity index (χ3n) is 4.03. The standard InChI is InChI=1S/C13H23N3O2/c1-10-12(14-16(4)11(2)17)9-13(18-10)5-7-15(3)8-6-13/h10H,5-9H2,1-4H3/b14-12+. The first-order valence-corrected chi connectivity index (χ1v) is 6.60. The molecule has 0 bridgehead atoms. The number of rotatable bonds is 1. The van der Waals surface area contributed by atoms with Gasteiger partial charge in [-0.25, -0.2) is 5.01 Å². The lowest BCUT2D eigenvalue weighted by atomic mass is 9.88.